The smallest absolute Gasteiger partial charge is 0.225 e. The van der Waals surface area contributed by atoms with E-state index in [9.17, 15) is 4.79 Å². The number of carbonyl (C=O) groups is 1. The molecule has 0 atom stereocenters. The maximum Gasteiger partial charge on any atom is 0.225 e. The molecule has 2 heterocycles. The molecule has 0 aliphatic carbocycles. The summed E-state index contributed by atoms with van der Waals surface area (Å²) in [6.07, 6.45) is 3.66. The number of likely N-dealkylation sites (tertiary alicyclic amines) is 1. The van der Waals surface area contributed by atoms with Crippen LogP contribution in [0.1, 0.15) is 25.7 Å². The minimum atomic E-state index is 0.200. The molecule has 0 bridgehead atoms. The highest BCUT2D eigenvalue weighted by molar-refractivity contribution is 6.20. The number of halogens is 1. The lowest BCUT2D eigenvalue weighted by Gasteiger charge is -2.33. The number of hydrogen-bond donors (Lipinski definition) is 0. The van der Waals surface area contributed by atoms with Gasteiger partial charge in [0.2, 0.25) is 5.91 Å². The molecule has 0 radical (unpaired) electrons. The van der Waals surface area contributed by atoms with Crippen molar-refractivity contribution in [2.45, 2.75) is 31.1 Å². The first-order valence-electron chi connectivity index (χ1n) is 5.78. The molecule has 0 N–H and O–H groups in total. The molecule has 0 aromatic carbocycles. The molecule has 2 aliphatic rings. The fourth-order valence-corrected chi connectivity index (χ4v) is 2.47. The Morgan fingerprint density at radius 2 is 1.73 bits per heavy atom. The predicted molar refractivity (Wildman–Crippen MR) is 59.0 cm³/mol. The minimum absolute atomic E-state index is 0.200. The SMILES string of the molecule is O=C(C1CCOCC1)N1CCC(Cl)CC1. The van der Waals surface area contributed by atoms with Gasteiger partial charge in [-0.25, -0.2) is 0 Å². The molecule has 15 heavy (non-hydrogen) atoms. The van der Waals surface area contributed by atoms with E-state index in [1.165, 1.54) is 0 Å². The maximum atomic E-state index is 12.1. The van der Waals surface area contributed by atoms with E-state index in [1.807, 2.05) is 4.90 Å². The van der Waals surface area contributed by atoms with Crippen molar-refractivity contribution < 1.29 is 9.53 Å². The van der Waals surface area contributed by atoms with Gasteiger partial charge in [-0.1, -0.05) is 0 Å². The Morgan fingerprint density at radius 1 is 1.13 bits per heavy atom. The van der Waals surface area contributed by atoms with Crippen LogP contribution in [0.15, 0.2) is 0 Å². The quantitative estimate of drug-likeness (QED) is 0.643. The van der Waals surface area contributed by atoms with Gasteiger partial charge in [-0.2, -0.15) is 0 Å². The molecule has 0 saturated carbocycles. The highest BCUT2D eigenvalue weighted by atomic mass is 35.5. The molecular weight excluding hydrogens is 214 g/mol. The first kappa shape index (κ1) is 11.2. The van der Waals surface area contributed by atoms with Crippen molar-refractivity contribution in [2.75, 3.05) is 26.3 Å². The van der Waals surface area contributed by atoms with Crippen LogP contribution in [0.25, 0.3) is 0 Å². The molecule has 0 aromatic rings. The Labute approximate surface area is 95.7 Å². The van der Waals surface area contributed by atoms with E-state index in [0.29, 0.717) is 5.91 Å². The van der Waals surface area contributed by atoms with E-state index in [2.05, 4.69) is 0 Å². The van der Waals surface area contributed by atoms with E-state index in [0.717, 1.165) is 52.0 Å². The van der Waals surface area contributed by atoms with Crippen LogP contribution in [0, 0.1) is 5.92 Å². The molecule has 2 aliphatic heterocycles. The topological polar surface area (TPSA) is 29.5 Å². The van der Waals surface area contributed by atoms with Crippen LogP contribution in [-0.4, -0.2) is 42.5 Å². The van der Waals surface area contributed by atoms with Crippen LogP contribution < -0.4 is 0 Å². The summed E-state index contributed by atoms with van der Waals surface area (Å²) in [7, 11) is 0. The molecule has 0 unspecified atom stereocenters. The maximum absolute atomic E-state index is 12.1. The van der Waals surface area contributed by atoms with Gasteiger partial charge in [-0.3, -0.25) is 4.79 Å². The number of hydrogen-bond acceptors (Lipinski definition) is 2. The molecule has 4 heteroatoms. The van der Waals surface area contributed by atoms with Crippen molar-refractivity contribution >= 4 is 17.5 Å². The van der Waals surface area contributed by atoms with Crippen LogP contribution in [-0.2, 0) is 9.53 Å². The Bertz CT molecular complexity index is 221. The monoisotopic (exact) mass is 231 g/mol. The molecule has 86 valence electrons. The van der Waals surface area contributed by atoms with Gasteiger partial charge in [0.05, 0.1) is 0 Å². The fourth-order valence-electron chi connectivity index (χ4n) is 2.27. The Morgan fingerprint density at radius 3 is 2.33 bits per heavy atom. The van der Waals surface area contributed by atoms with Crippen LogP contribution in [0.4, 0.5) is 0 Å². The number of piperidine rings is 1. The summed E-state index contributed by atoms with van der Waals surface area (Å²) in [5, 5.41) is 0.267. The average molecular weight is 232 g/mol. The van der Waals surface area contributed by atoms with Gasteiger partial charge in [0.15, 0.2) is 0 Å². The normalized spacial score (nSPS) is 25.5. The highest BCUT2D eigenvalue weighted by Crippen LogP contribution is 2.22. The van der Waals surface area contributed by atoms with Gasteiger partial charge in [0, 0.05) is 37.6 Å². The van der Waals surface area contributed by atoms with E-state index < -0.39 is 0 Å². The van der Waals surface area contributed by atoms with E-state index in [4.69, 9.17) is 16.3 Å². The average Bonchev–Trinajstić information content (AvgIpc) is 2.30. The number of alkyl halides is 1. The highest BCUT2D eigenvalue weighted by Gasteiger charge is 2.28. The first-order valence-corrected chi connectivity index (χ1v) is 6.21. The summed E-state index contributed by atoms with van der Waals surface area (Å²) in [6, 6.07) is 0. The van der Waals surface area contributed by atoms with Crippen LogP contribution >= 0.6 is 11.6 Å². The predicted octanol–water partition coefficient (Wildman–Crippen LogP) is 1.64. The standard InChI is InChI=1S/C11H18ClNO2/c12-10-1-5-13(6-2-10)11(14)9-3-7-15-8-4-9/h9-10H,1-8H2. The molecule has 1 amide bonds. The third-order valence-corrected chi connectivity index (χ3v) is 3.74. The molecule has 2 rings (SSSR count). The lowest BCUT2D eigenvalue weighted by Crippen LogP contribution is -2.43. The van der Waals surface area contributed by atoms with Gasteiger partial charge in [-0.15, -0.1) is 11.6 Å². The molecule has 2 saturated heterocycles. The van der Waals surface area contributed by atoms with Gasteiger partial charge >= 0.3 is 0 Å². The lowest BCUT2D eigenvalue weighted by atomic mass is 9.97. The summed E-state index contributed by atoms with van der Waals surface area (Å²) in [5.74, 6) is 0.521. The summed E-state index contributed by atoms with van der Waals surface area (Å²) >= 11 is 6.01. The lowest BCUT2D eigenvalue weighted by molar-refractivity contribution is -0.139. The third-order valence-electron chi connectivity index (χ3n) is 3.31. The number of carbonyl (C=O) groups excluding carboxylic acids is 1. The Kier molecular flexibility index (Phi) is 3.87. The van der Waals surface area contributed by atoms with Gasteiger partial charge < -0.3 is 9.64 Å². The summed E-state index contributed by atoms with van der Waals surface area (Å²) in [5.41, 5.74) is 0. The summed E-state index contributed by atoms with van der Waals surface area (Å²) in [6.45, 7) is 3.15. The number of ether oxygens (including phenoxy) is 1. The number of amides is 1. The zero-order valence-electron chi connectivity index (χ0n) is 8.95. The second-order valence-corrected chi connectivity index (χ2v) is 5.00. The Hall–Kier alpha value is -0.280. The van der Waals surface area contributed by atoms with Gasteiger partial charge in [0.25, 0.3) is 0 Å². The first-order chi connectivity index (χ1) is 7.27. The van der Waals surface area contributed by atoms with Crippen molar-refractivity contribution in [1.29, 1.82) is 0 Å². The molecule has 0 aromatic heterocycles. The second kappa shape index (κ2) is 5.17. The van der Waals surface area contributed by atoms with Crippen LogP contribution in [0.2, 0.25) is 0 Å². The fraction of sp³-hybridized carbons (Fsp3) is 0.909. The molecule has 3 nitrogen and oxygen atoms in total. The van der Waals surface area contributed by atoms with E-state index in [1.54, 1.807) is 0 Å². The second-order valence-electron chi connectivity index (χ2n) is 4.39. The van der Waals surface area contributed by atoms with Crippen molar-refractivity contribution in [1.82, 2.24) is 4.90 Å². The number of nitrogens with zero attached hydrogens (tertiary/aromatic N) is 1. The van der Waals surface area contributed by atoms with Crippen molar-refractivity contribution in [3.05, 3.63) is 0 Å². The third kappa shape index (κ3) is 2.85. The van der Waals surface area contributed by atoms with Crippen LogP contribution in [0.3, 0.4) is 0 Å². The zero-order chi connectivity index (χ0) is 10.7. The number of rotatable bonds is 1. The molecule has 2 fully saturated rings. The molecular formula is C11H18ClNO2. The van der Waals surface area contributed by atoms with Crippen molar-refractivity contribution in [3.63, 3.8) is 0 Å². The Balaban J connectivity index is 1.84. The zero-order valence-corrected chi connectivity index (χ0v) is 9.71. The molecule has 0 spiro atoms. The summed E-state index contributed by atoms with van der Waals surface area (Å²) < 4.78 is 5.26. The summed E-state index contributed by atoms with van der Waals surface area (Å²) in [4.78, 5) is 14.1. The van der Waals surface area contributed by atoms with Crippen LogP contribution in [0.5, 0.6) is 0 Å². The van der Waals surface area contributed by atoms with Crippen molar-refractivity contribution in [2.24, 2.45) is 5.92 Å². The minimum Gasteiger partial charge on any atom is -0.381 e. The van der Waals surface area contributed by atoms with Gasteiger partial charge in [0.1, 0.15) is 0 Å². The largest absolute Gasteiger partial charge is 0.381 e. The van der Waals surface area contributed by atoms with E-state index in [-0.39, 0.29) is 11.3 Å². The van der Waals surface area contributed by atoms with Crippen molar-refractivity contribution in [3.8, 4) is 0 Å². The van der Waals surface area contributed by atoms with Gasteiger partial charge in [-0.05, 0) is 25.7 Å². The van der Waals surface area contributed by atoms with E-state index >= 15 is 0 Å².